The molecule has 2 aromatic rings. The molecule has 1 fully saturated rings. The Kier molecular flexibility index (Phi) is 6.71. The Labute approximate surface area is 184 Å². The van der Waals surface area contributed by atoms with Gasteiger partial charge in [-0.15, -0.1) is 0 Å². The van der Waals surface area contributed by atoms with Crippen molar-refractivity contribution in [2.75, 3.05) is 50.0 Å². The van der Waals surface area contributed by atoms with Crippen LogP contribution in [0, 0.1) is 11.3 Å². The molecule has 31 heavy (non-hydrogen) atoms. The van der Waals surface area contributed by atoms with Gasteiger partial charge in [-0.3, -0.25) is 5.32 Å². The highest BCUT2D eigenvalue weighted by atomic mass is 16.5. The number of para-hydroxylation sites is 1. The third-order valence-corrected chi connectivity index (χ3v) is 6.04. The first-order valence-corrected chi connectivity index (χ1v) is 11.2. The van der Waals surface area contributed by atoms with Crippen molar-refractivity contribution in [1.82, 2.24) is 0 Å². The predicted molar refractivity (Wildman–Crippen MR) is 119 cm³/mol. The third-order valence-electron chi connectivity index (χ3n) is 6.04. The average Bonchev–Trinajstić information content (AvgIpc) is 2.77. The number of morpholine rings is 1. The number of pyridine rings is 1. The number of hydrogen-bond acceptors (Lipinski definition) is 5. The summed E-state index contributed by atoms with van der Waals surface area (Å²) in [5, 5.41) is 17.0. The maximum absolute atomic E-state index is 9.99. The van der Waals surface area contributed by atoms with Crippen molar-refractivity contribution in [2.24, 2.45) is 0 Å². The summed E-state index contributed by atoms with van der Waals surface area (Å²) in [4.78, 5) is 5.06. The fourth-order valence-electron chi connectivity index (χ4n) is 4.31. The molecule has 0 unspecified atom stereocenters. The quantitative estimate of drug-likeness (QED) is 0.590. The molecule has 0 aliphatic carbocycles. The molecular weight excluding hydrogens is 390 g/mol. The van der Waals surface area contributed by atoms with E-state index in [-0.39, 0.29) is 5.60 Å². The standard InChI is InChI=1S/C24H31N5O2/c1-24(2)15-19-20(16-25)23(27-18-7-4-3-5-8-18)28-22(21(19)17-31-24)26-9-6-10-29-11-13-30-14-12-29/h3-5,7-8H,6,9-15,17H2,1-2H3,(H2,26,27,28)/p+2. The molecule has 0 saturated carbocycles. The normalized spacial score (nSPS) is 18.1. The van der Waals surface area contributed by atoms with Crippen molar-refractivity contribution in [3.8, 4) is 6.07 Å². The number of anilines is 3. The highest BCUT2D eigenvalue weighted by Crippen LogP contribution is 2.35. The minimum atomic E-state index is -0.291. The summed E-state index contributed by atoms with van der Waals surface area (Å²) in [6.07, 6.45) is 1.78. The second kappa shape index (κ2) is 9.65. The molecule has 2 aliphatic rings. The lowest BCUT2D eigenvalue weighted by Crippen LogP contribution is -3.14. The van der Waals surface area contributed by atoms with Crippen LogP contribution < -0.4 is 20.5 Å². The van der Waals surface area contributed by atoms with Crippen molar-refractivity contribution in [3.05, 3.63) is 47.0 Å². The van der Waals surface area contributed by atoms with E-state index in [0.717, 1.165) is 74.3 Å². The zero-order valence-electron chi connectivity index (χ0n) is 18.5. The van der Waals surface area contributed by atoms with Crippen molar-refractivity contribution >= 4 is 17.3 Å². The first-order chi connectivity index (χ1) is 15.1. The van der Waals surface area contributed by atoms with Crippen molar-refractivity contribution in [1.29, 1.82) is 5.26 Å². The number of ether oxygens (including phenoxy) is 2. The van der Waals surface area contributed by atoms with E-state index in [0.29, 0.717) is 18.6 Å². The van der Waals surface area contributed by atoms with Gasteiger partial charge in [0.1, 0.15) is 24.7 Å². The molecule has 2 aliphatic heterocycles. The maximum atomic E-state index is 9.99. The molecule has 1 aromatic carbocycles. The number of nitriles is 1. The molecule has 7 nitrogen and oxygen atoms in total. The molecular formula is C24H33N5O2+2. The van der Waals surface area contributed by atoms with Crippen LogP contribution in [0.25, 0.3) is 0 Å². The summed E-state index contributed by atoms with van der Waals surface area (Å²) < 4.78 is 11.5. The van der Waals surface area contributed by atoms with Gasteiger partial charge in [-0.1, -0.05) is 18.2 Å². The first kappa shape index (κ1) is 21.6. The Balaban J connectivity index is 1.56. The van der Waals surface area contributed by atoms with Gasteiger partial charge in [0, 0.05) is 12.8 Å². The summed E-state index contributed by atoms with van der Waals surface area (Å²) >= 11 is 0. The van der Waals surface area contributed by atoms with E-state index in [1.54, 1.807) is 4.90 Å². The highest BCUT2D eigenvalue weighted by Gasteiger charge is 2.33. The lowest BCUT2D eigenvalue weighted by Gasteiger charge is -2.32. The molecule has 0 amide bonds. The maximum Gasteiger partial charge on any atom is 0.242 e. The van der Waals surface area contributed by atoms with Gasteiger partial charge < -0.3 is 19.7 Å². The second-order valence-electron chi connectivity index (χ2n) is 8.93. The zero-order chi connectivity index (χ0) is 21.7. The molecule has 0 spiro atoms. The number of nitrogens with zero attached hydrogens (tertiary/aromatic N) is 1. The minimum absolute atomic E-state index is 0.291. The molecule has 0 bridgehead atoms. The Bertz CT molecular complexity index is 933. The van der Waals surface area contributed by atoms with Gasteiger partial charge in [0.2, 0.25) is 11.6 Å². The van der Waals surface area contributed by atoms with E-state index < -0.39 is 0 Å². The predicted octanol–water partition coefficient (Wildman–Crippen LogP) is 1.68. The van der Waals surface area contributed by atoms with E-state index in [1.807, 2.05) is 30.3 Å². The molecule has 1 saturated heterocycles. The molecule has 3 heterocycles. The van der Waals surface area contributed by atoms with Crippen LogP contribution in [0.4, 0.5) is 17.3 Å². The van der Waals surface area contributed by atoms with Crippen LogP contribution in [-0.2, 0) is 22.5 Å². The largest absolute Gasteiger partial charge is 0.370 e. The lowest BCUT2D eigenvalue weighted by molar-refractivity contribution is -0.908. The number of benzene rings is 1. The van der Waals surface area contributed by atoms with Gasteiger partial charge in [0.05, 0.1) is 49.8 Å². The summed E-state index contributed by atoms with van der Waals surface area (Å²) in [7, 11) is 0. The summed E-state index contributed by atoms with van der Waals surface area (Å²) in [6.45, 7) is 10.6. The minimum Gasteiger partial charge on any atom is -0.370 e. The number of aromatic nitrogens is 1. The topological polar surface area (TPSA) is 84.9 Å². The van der Waals surface area contributed by atoms with Crippen LogP contribution >= 0.6 is 0 Å². The van der Waals surface area contributed by atoms with Crippen molar-refractivity contribution in [3.63, 3.8) is 0 Å². The molecule has 4 N–H and O–H groups in total. The van der Waals surface area contributed by atoms with E-state index in [1.165, 1.54) is 0 Å². The molecule has 4 rings (SSSR count). The van der Waals surface area contributed by atoms with Crippen LogP contribution in [0.5, 0.6) is 0 Å². The molecule has 0 atom stereocenters. The fraction of sp³-hybridized carbons (Fsp3) is 0.500. The number of hydrogen-bond donors (Lipinski definition) is 3. The second-order valence-corrected chi connectivity index (χ2v) is 8.93. The lowest BCUT2D eigenvalue weighted by atomic mass is 9.89. The zero-order valence-corrected chi connectivity index (χ0v) is 18.5. The highest BCUT2D eigenvalue weighted by molar-refractivity contribution is 5.66. The Morgan fingerprint density at radius 3 is 2.65 bits per heavy atom. The van der Waals surface area contributed by atoms with Gasteiger partial charge in [-0.2, -0.15) is 5.26 Å². The van der Waals surface area contributed by atoms with Gasteiger partial charge in [0.15, 0.2) is 0 Å². The smallest absolute Gasteiger partial charge is 0.242 e. The van der Waals surface area contributed by atoms with E-state index >= 15 is 0 Å². The summed E-state index contributed by atoms with van der Waals surface area (Å²) in [5.74, 6) is 1.67. The molecule has 164 valence electrons. The van der Waals surface area contributed by atoms with E-state index in [2.05, 4.69) is 35.5 Å². The van der Waals surface area contributed by atoms with Crippen LogP contribution in [0.15, 0.2) is 30.3 Å². The Morgan fingerprint density at radius 2 is 1.90 bits per heavy atom. The van der Waals surface area contributed by atoms with Gasteiger partial charge in [0.25, 0.3) is 0 Å². The van der Waals surface area contributed by atoms with Crippen molar-refractivity contribution in [2.45, 2.75) is 38.9 Å². The number of quaternary nitrogens is 1. The Hall–Kier alpha value is -2.66. The molecule has 7 heteroatoms. The first-order valence-electron chi connectivity index (χ1n) is 11.2. The van der Waals surface area contributed by atoms with Gasteiger partial charge >= 0.3 is 0 Å². The van der Waals surface area contributed by atoms with Gasteiger partial charge in [-0.05, 0) is 31.5 Å². The molecule has 1 aromatic heterocycles. The van der Waals surface area contributed by atoms with E-state index in [9.17, 15) is 5.26 Å². The van der Waals surface area contributed by atoms with Crippen LogP contribution in [0.1, 0.15) is 37.0 Å². The number of H-pyrrole nitrogens is 1. The average molecular weight is 424 g/mol. The van der Waals surface area contributed by atoms with Crippen LogP contribution in [-0.4, -0.2) is 45.0 Å². The summed E-state index contributed by atoms with van der Waals surface area (Å²) in [5.41, 5.74) is 3.45. The fourth-order valence-corrected chi connectivity index (χ4v) is 4.31. The van der Waals surface area contributed by atoms with Crippen LogP contribution in [0.3, 0.4) is 0 Å². The number of fused-ring (bicyclic) bond motifs is 1. The number of rotatable bonds is 7. The summed E-state index contributed by atoms with van der Waals surface area (Å²) in [6, 6.07) is 12.4. The van der Waals surface area contributed by atoms with E-state index in [4.69, 9.17) is 9.47 Å². The number of nitrogens with one attached hydrogen (secondary N) is 4. The molecule has 0 radical (unpaired) electrons. The van der Waals surface area contributed by atoms with Gasteiger partial charge in [-0.25, -0.2) is 4.98 Å². The Morgan fingerprint density at radius 1 is 1.13 bits per heavy atom. The third kappa shape index (κ3) is 5.34. The number of aromatic amines is 1. The van der Waals surface area contributed by atoms with Crippen molar-refractivity contribution < 1.29 is 19.4 Å². The van der Waals surface area contributed by atoms with Crippen LogP contribution in [0.2, 0.25) is 0 Å². The monoisotopic (exact) mass is 423 g/mol. The SMILES string of the molecule is CC1(C)Cc2c(C#N)c(Nc3ccccc3)[nH+]c(NCCC[NH+]3CCOCC3)c2CO1.